The molecule has 0 aromatic carbocycles. The van der Waals surface area contributed by atoms with Crippen molar-refractivity contribution in [3.8, 4) is 0 Å². The molecule has 0 radical (unpaired) electrons. The Hall–Kier alpha value is 1.49. The first-order valence-corrected chi connectivity index (χ1v) is 1.57. The molecule has 0 spiro atoms. The van der Waals surface area contributed by atoms with Crippen LogP contribution in [0.2, 0.25) is 0 Å². The van der Waals surface area contributed by atoms with Gasteiger partial charge in [0, 0.05) is 39.0 Å². The minimum atomic E-state index is 0. The Labute approximate surface area is 73.4 Å². The third-order valence-electron chi connectivity index (χ3n) is 0. The van der Waals surface area contributed by atoms with Crippen LogP contribution < -0.4 is 5.73 Å². The van der Waals surface area contributed by atoms with Crippen molar-refractivity contribution in [2.45, 2.75) is 0 Å². The van der Waals surface area contributed by atoms with Crippen molar-refractivity contribution < 1.29 is 39.0 Å². The van der Waals surface area contributed by atoms with Gasteiger partial charge in [-0.25, -0.2) is 0 Å². The maximum Gasteiger partial charge on any atom is 0.128 e. The van der Waals surface area contributed by atoms with Gasteiger partial charge in [0.2, 0.25) is 0 Å². The summed E-state index contributed by atoms with van der Waals surface area (Å²) >= 11 is 7.65. The number of nitrogens with two attached hydrogens (primary N) is 1. The minimum absolute atomic E-state index is 0. The van der Waals surface area contributed by atoms with Gasteiger partial charge in [0.15, 0.2) is 0 Å². The molecule has 0 aromatic heterocycles. The number of thiol groups is 1. The van der Waals surface area contributed by atoms with E-state index in [0.717, 1.165) is 0 Å². The van der Waals surface area contributed by atoms with Crippen LogP contribution in [-0.4, -0.2) is 4.32 Å². The van der Waals surface area contributed by atoms with Gasteiger partial charge in [0.25, 0.3) is 0 Å². The molecule has 0 aliphatic carbocycles. The molecule has 6 heavy (non-hydrogen) atoms. The van der Waals surface area contributed by atoms with Gasteiger partial charge in [-0.1, -0.05) is 12.2 Å². The standard InChI is InChI=1S/CH3NS2.2Zn/c2-1(3)4;;/h(H3,2,3,4);;. The van der Waals surface area contributed by atoms with Crippen molar-refractivity contribution in [2.75, 3.05) is 0 Å². The van der Waals surface area contributed by atoms with E-state index in [1.165, 1.54) is 0 Å². The molecule has 0 fully saturated rings. The van der Waals surface area contributed by atoms with Crippen LogP contribution in [0.3, 0.4) is 0 Å². The Kier molecular flexibility index (Phi) is 25.3. The van der Waals surface area contributed by atoms with Gasteiger partial charge < -0.3 is 5.73 Å². The summed E-state index contributed by atoms with van der Waals surface area (Å²) in [7, 11) is 0. The van der Waals surface area contributed by atoms with Crippen molar-refractivity contribution in [1.82, 2.24) is 0 Å². The minimum Gasteiger partial charge on any atom is -0.385 e. The monoisotopic (exact) mass is 221 g/mol. The quantitative estimate of drug-likeness (QED) is 0.348. The number of rotatable bonds is 0. The van der Waals surface area contributed by atoms with E-state index >= 15 is 0 Å². The van der Waals surface area contributed by atoms with Crippen molar-refractivity contribution in [3.05, 3.63) is 0 Å². The van der Waals surface area contributed by atoms with Crippen molar-refractivity contribution in [2.24, 2.45) is 5.73 Å². The van der Waals surface area contributed by atoms with E-state index in [1.807, 2.05) is 0 Å². The fraction of sp³-hybridized carbons (Fsp3) is 0. The maximum absolute atomic E-state index is 4.71. The molecule has 0 aromatic rings. The topological polar surface area (TPSA) is 26.0 Å². The number of hydrogen-bond donors (Lipinski definition) is 2. The van der Waals surface area contributed by atoms with Gasteiger partial charge in [-0.3, -0.25) is 0 Å². The molecular weight excluding hydrogens is 221 g/mol. The average molecular weight is 224 g/mol. The van der Waals surface area contributed by atoms with Gasteiger partial charge in [-0.2, -0.15) is 0 Å². The molecule has 0 saturated carbocycles. The van der Waals surface area contributed by atoms with Crippen molar-refractivity contribution >= 4 is 29.2 Å². The third-order valence-corrected chi connectivity index (χ3v) is 0. The number of thiocarbonyl (C=S) groups is 1. The first kappa shape index (κ1) is 15.6. The van der Waals surface area contributed by atoms with Crippen LogP contribution in [0.1, 0.15) is 0 Å². The summed E-state index contributed by atoms with van der Waals surface area (Å²) in [4.78, 5) is 0. The van der Waals surface area contributed by atoms with E-state index in [-0.39, 0.29) is 43.3 Å². The Morgan fingerprint density at radius 3 is 1.50 bits per heavy atom. The predicted molar refractivity (Wildman–Crippen MR) is 25.8 cm³/mol. The Morgan fingerprint density at radius 2 is 1.50 bits per heavy atom. The molecule has 28 valence electrons. The normalized spacial score (nSPS) is 4.17. The van der Waals surface area contributed by atoms with Gasteiger partial charge in [0.1, 0.15) is 4.32 Å². The third kappa shape index (κ3) is 50.0. The molecule has 0 atom stereocenters. The Bertz CT molecular complexity index is 34.5. The first-order valence-electron chi connectivity index (χ1n) is 0.716. The molecular formula is CH3NS2Zn2. The molecule has 0 heterocycles. The molecule has 0 aliphatic heterocycles. The molecule has 0 aliphatic rings. The summed E-state index contributed by atoms with van der Waals surface area (Å²) in [5.41, 5.74) is 4.71. The zero-order valence-electron chi connectivity index (χ0n) is 3.35. The second kappa shape index (κ2) is 9.70. The second-order valence-corrected chi connectivity index (χ2v) is 1.56. The Morgan fingerprint density at radius 1 is 1.50 bits per heavy atom. The van der Waals surface area contributed by atoms with E-state index in [4.69, 9.17) is 5.73 Å². The van der Waals surface area contributed by atoms with Crippen LogP contribution in [0.15, 0.2) is 0 Å². The Balaban J connectivity index is -0.0000000450. The largest absolute Gasteiger partial charge is 0.385 e. The van der Waals surface area contributed by atoms with Crippen molar-refractivity contribution in [3.63, 3.8) is 0 Å². The van der Waals surface area contributed by atoms with Gasteiger partial charge in [0.05, 0.1) is 0 Å². The summed E-state index contributed by atoms with van der Waals surface area (Å²) < 4.78 is 0.194. The van der Waals surface area contributed by atoms with E-state index in [0.29, 0.717) is 0 Å². The smallest absolute Gasteiger partial charge is 0.128 e. The molecule has 0 bridgehead atoms. The molecule has 0 amide bonds. The van der Waals surface area contributed by atoms with Crippen LogP contribution in [0.4, 0.5) is 0 Å². The van der Waals surface area contributed by atoms with E-state index in [2.05, 4.69) is 24.8 Å². The fourth-order valence-electron chi connectivity index (χ4n) is 0. The molecule has 0 rings (SSSR count). The van der Waals surface area contributed by atoms with Crippen LogP contribution in [0, 0.1) is 0 Å². The molecule has 2 N–H and O–H groups in total. The van der Waals surface area contributed by atoms with Crippen LogP contribution in [0.5, 0.6) is 0 Å². The van der Waals surface area contributed by atoms with E-state index < -0.39 is 0 Å². The number of hydrogen-bond acceptors (Lipinski definition) is 1. The summed E-state index contributed by atoms with van der Waals surface area (Å²) in [6.45, 7) is 0. The zero-order valence-corrected chi connectivity index (χ0v) is 11.0. The summed E-state index contributed by atoms with van der Waals surface area (Å²) in [6.07, 6.45) is 0. The van der Waals surface area contributed by atoms with Crippen LogP contribution in [0.25, 0.3) is 0 Å². The van der Waals surface area contributed by atoms with Crippen LogP contribution >= 0.6 is 24.8 Å². The average Bonchev–Trinajstić information content (AvgIpc) is 0.811. The summed E-state index contributed by atoms with van der Waals surface area (Å²) in [5, 5.41) is 0. The van der Waals surface area contributed by atoms with Crippen molar-refractivity contribution in [1.29, 1.82) is 0 Å². The maximum atomic E-state index is 4.71. The zero-order chi connectivity index (χ0) is 3.58. The summed E-state index contributed by atoms with van der Waals surface area (Å²) in [6, 6.07) is 0. The molecule has 0 saturated heterocycles. The summed E-state index contributed by atoms with van der Waals surface area (Å²) in [5.74, 6) is 0. The second-order valence-electron chi connectivity index (χ2n) is 0.338. The van der Waals surface area contributed by atoms with Gasteiger partial charge >= 0.3 is 0 Å². The predicted octanol–water partition coefficient (Wildman–Crippen LogP) is 0.155. The molecule has 1 nitrogen and oxygen atoms in total. The van der Waals surface area contributed by atoms with E-state index in [1.54, 1.807) is 0 Å². The first-order chi connectivity index (χ1) is 1.73. The SMILES string of the molecule is NC(=S)S.[Zn].[Zn]. The molecule has 0 unspecified atom stereocenters. The van der Waals surface area contributed by atoms with Crippen LogP contribution in [-0.2, 0) is 39.0 Å². The fourth-order valence-corrected chi connectivity index (χ4v) is 0. The van der Waals surface area contributed by atoms with Gasteiger partial charge in [-0.15, -0.1) is 12.6 Å². The van der Waals surface area contributed by atoms with Gasteiger partial charge in [-0.05, 0) is 0 Å². The molecule has 5 heteroatoms. The van der Waals surface area contributed by atoms with E-state index in [9.17, 15) is 0 Å².